The fourth-order valence-corrected chi connectivity index (χ4v) is 3.66. The van der Waals surface area contributed by atoms with Crippen LogP contribution in [-0.2, 0) is 6.54 Å². The molecule has 4 nitrogen and oxygen atoms in total. The van der Waals surface area contributed by atoms with Gasteiger partial charge in [0, 0.05) is 11.8 Å². The van der Waals surface area contributed by atoms with Crippen LogP contribution in [0.3, 0.4) is 0 Å². The van der Waals surface area contributed by atoms with Gasteiger partial charge in [-0.2, -0.15) is 0 Å². The van der Waals surface area contributed by atoms with E-state index in [9.17, 15) is 0 Å². The predicted octanol–water partition coefficient (Wildman–Crippen LogP) is 0.580. The lowest BCUT2D eigenvalue weighted by molar-refractivity contribution is -0.958. The largest absolute Gasteiger partial charge is 0.337 e. The lowest BCUT2D eigenvalue weighted by Gasteiger charge is -2.22. The molecule has 124 valence electrons. The molecule has 0 aliphatic carbocycles. The zero-order chi connectivity index (χ0) is 16.5. The topological polar surface area (TPSA) is 38.4 Å². The maximum atomic E-state index is 5.02. The zero-order valence-electron chi connectivity index (χ0n) is 14.5. The number of nitrogens with zero attached hydrogens (tertiary/aromatic N) is 2. The Bertz CT molecular complexity index is 842. The number of piperazine rings is 1. The van der Waals surface area contributed by atoms with E-state index in [-0.39, 0.29) is 0 Å². The van der Waals surface area contributed by atoms with Gasteiger partial charge in [0.2, 0.25) is 0 Å². The summed E-state index contributed by atoms with van der Waals surface area (Å²) in [5, 5.41) is 2.42. The molecule has 1 aromatic carbocycles. The molecule has 4 rings (SSSR count). The summed E-state index contributed by atoms with van der Waals surface area (Å²) in [5.41, 5.74) is 7.32. The molecule has 1 fully saturated rings. The molecule has 0 amide bonds. The molecule has 0 radical (unpaired) electrons. The van der Waals surface area contributed by atoms with Gasteiger partial charge in [-0.25, -0.2) is 4.98 Å². The van der Waals surface area contributed by atoms with Crippen molar-refractivity contribution >= 4 is 5.65 Å². The lowest BCUT2D eigenvalue weighted by Crippen LogP contribution is -3.19. The Hall–Kier alpha value is -2.17. The lowest BCUT2D eigenvalue weighted by atomic mass is 10.1. The summed E-state index contributed by atoms with van der Waals surface area (Å²) in [6, 6.07) is 13.0. The third-order valence-corrected chi connectivity index (χ3v) is 5.09. The van der Waals surface area contributed by atoms with Crippen LogP contribution >= 0.6 is 0 Å². The van der Waals surface area contributed by atoms with Crippen LogP contribution in [0.5, 0.6) is 0 Å². The molecule has 3 aromatic rings. The number of fused-ring (bicyclic) bond motifs is 1. The van der Waals surface area contributed by atoms with Crippen molar-refractivity contribution in [3.8, 4) is 11.3 Å². The second kappa shape index (κ2) is 6.38. The van der Waals surface area contributed by atoms with Crippen molar-refractivity contribution in [3.63, 3.8) is 0 Å². The van der Waals surface area contributed by atoms with Gasteiger partial charge in [0.05, 0.1) is 5.69 Å². The number of quaternary nitrogens is 2. The first-order valence-electron chi connectivity index (χ1n) is 8.91. The smallest absolute Gasteiger partial charge is 0.140 e. The van der Waals surface area contributed by atoms with E-state index < -0.39 is 0 Å². The number of nitrogens with one attached hydrogen (secondary N) is 1. The second-order valence-electron chi connectivity index (χ2n) is 6.95. The van der Waals surface area contributed by atoms with Crippen LogP contribution in [0.4, 0.5) is 0 Å². The molecule has 0 saturated carbocycles. The van der Waals surface area contributed by atoms with Crippen molar-refractivity contribution in [2.75, 3.05) is 26.2 Å². The highest BCUT2D eigenvalue weighted by molar-refractivity contribution is 5.68. The van der Waals surface area contributed by atoms with Gasteiger partial charge < -0.3 is 10.2 Å². The van der Waals surface area contributed by atoms with E-state index >= 15 is 0 Å². The second-order valence-corrected chi connectivity index (χ2v) is 6.95. The standard InChI is InChI=1S/C20H24N4/c1-15-5-7-17(8-6-15)19-18(14-23-12-9-21-10-13-23)24-11-3-4-16(2)20(24)22-19/h3-8,11,21H,9-10,12-14H2,1-2H3/p+2. The number of pyridine rings is 1. The minimum Gasteiger partial charge on any atom is -0.337 e. The fraction of sp³-hybridized carbons (Fsp3) is 0.350. The normalized spacial score (nSPS) is 15.9. The number of hydrogen-bond acceptors (Lipinski definition) is 1. The van der Waals surface area contributed by atoms with E-state index in [0.29, 0.717) is 0 Å². The number of imidazole rings is 1. The minimum absolute atomic E-state index is 1.04. The number of benzene rings is 1. The van der Waals surface area contributed by atoms with Crippen molar-refractivity contribution in [3.05, 3.63) is 59.4 Å². The number of hydrogen-bond donors (Lipinski definition) is 2. The van der Waals surface area contributed by atoms with Crippen LogP contribution in [0.15, 0.2) is 42.6 Å². The van der Waals surface area contributed by atoms with Crippen LogP contribution in [0, 0.1) is 13.8 Å². The van der Waals surface area contributed by atoms with Gasteiger partial charge in [0.1, 0.15) is 44.1 Å². The number of aromatic nitrogens is 2. The Balaban J connectivity index is 1.83. The molecule has 2 aromatic heterocycles. The molecule has 1 aliphatic heterocycles. The SMILES string of the molecule is Cc1ccc(-c2nc3c(C)cccn3c2C[NH+]2CC[NH2+]CC2)cc1. The highest BCUT2D eigenvalue weighted by Gasteiger charge is 2.22. The molecule has 1 saturated heterocycles. The molecular weight excluding hydrogens is 296 g/mol. The summed E-state index contributed by atoms with van der Waals surface area (Å²) >= 11 is 0. The molecule has 0 spiro atoms. The van der Waals surface area contributed by atoms with Gasteiger partial charge in [-0.3, -0.25) is 4.40 Å². The first-order chi connectivity index (χ1) is 11.7. The molecular formula is C20H26N4+2. The first-order valence-corrected chi connectivity index (χ1v) is 8.91. The summed E-state index contributed by atoms with van der Waals surface area (Å²) in [6.07, 6.45) is 2.16. The Morgan fingerprint density at radius 1 is 1.08 bits per heavy atom. The van der Waals surface area contributed by atoms with Gasteiger partial charge in [-0.15, -0.1) is 0 Å². The highest BCUT2D eigenvalue weighted by atomic mass is 15.2. The van der Waals surface area contributed by atoms with E-state index in [4.69, 9.17) is 4.98 Å². The van der Waals surface area contributed by atoms with Crippen LogP contribution in [0.25, 0.3) is 16.9 Å². The summed E-state index contributed by atoms with van der Waals surface area (Å²) in [5.74, 6) is 0. The Labute approximate surface area is 143 Å². The van der Waals surface area contributed by atoms with E-state index in [2.05, 4.69) is 66.2 Å². The Morgan fingerprint density at radius 3 is 2.58 bits per heavy atom. The minimum atomic E-state index is 1.04. The van der Waals surface area contributed by atoms with E-state index in [1.165, 1.54) is 48.6 Å². The fourth-order valence-electron chi connectivity index (χ4n) is 3.66. The van der Waals surface area contributed by atoms with Crippen molar-refractivity contribution in [1.29, 1.82) is 0 Å². The quantitative estimate of drug-likeness (QED) is 0.727. The molecule has 3 heterocycles. The maximum absolute atomic E-state index is 5.02. The van der Waals surface area contributed by atoms with E-state index in [1.807, 2.05) is 0 Å². The molecule has 0 unspecified atom stereocenters. The molecule has 3 N–H and O–H groups in total. The van der Waals surface area contributed by atoms with E-state index in [1.54, 1.807) is 4.90 Å². The van der Waals surface area contributed by atoms with Crippen LogP contribution in [-0.4, -0.2) is 35.6 Å². The van der Waals surface area contributed by atoms with Crippen LogP contribution in [0.2, 0.25) is 0 Å². The Kier molecular flexibility index (Phi) is 4.08. The van der Waals surface area contributed by atoms with Crippen molar-refractivity contribution < 1.29 is 10.2 Å². The number of nitrogens with two attached hydrogens (primary N) is 1. The predicted molar refractivity (Wildman–Crippen MR) is 96.2 cm³/mol. The summed E-state index contributed by atoms with van der Waals surface area (Å²) in [7, 11) is 0. The van der Waals surface area contributed by atoms with Gasteiger partial charge in [-0.1, -0.05) is 35.9 Å². The number of rotatable bonds is 3. The average Bonchev–Trinajstić information content (AvgIpc) is 2.97. The van der Waals surface area contributed by atoms with Crippen molar-refractivity contribution in [1.82, 2.24) is 9.38 Å². The van der Waals surface area contributed by atoms with Gasteiger partial charge in [-0.05, 0) is 25.5 Å². The average molecular weight is 322 g/mol. The zero-order valence-corrected chi connectivity index (χ0v) is 14.5. The first kappa shape index (κ1) is 15.4. The maximum Gasteiger partial charge on any atom is 0.140 e. The third-order valence-electron chi connectivity index (χ3n) is 5.09. The summed E-state index contributed by atoms with van der Waals surface area (Å²) < 4.78 is 2.30. The van der Waals surface area contributed by atoms with Crippen molar-refractivity contribution in [2.24, 2.45) is 0 Å². The summed E-state index contributed by atoms with van der Waals surface area (Å²) in [4.78, 5) is 6.68. The van der Waals surface area contributed by atoms with Gasteiger partial charge in [0.15, 0.2) is 0 Å². The van der Waals surface area contributed by atoms with Crippen molar-refractivity contribution in [2.45, 2.75) is 20.4 Å². The molecule has 4 heteroatoms. The van der Waals surface area contributed by atoms with Crippen LogP contribution in [0.1, 0.15) is 16.8 Å². The molecule has 0 atom stereocenters. The van der Waals surface area contributed by atoms with Gasteiger partial charge in [0.25, 0.3) is 0 Å². The number of aryl methyl sites for hydroxylation is 2. The van der Waals surface area contributed by atoms with Gasteiger partial charge >= 0.3 is 0 Å². The Morgan fingerprint density at radius 2 is 1.83 bits per heavy atom. The highest BCUT2D eigenvalue weighted by Crippen LogP contribution is 2.25. The molecule has 0 bridgehead atoms. The summed E-state index contributed by atoms with van der Waals surface area (Å²) in [6.45, 7) is 10.2. The monoisotopic (exact) mass is 322 g/mol. The van der Waals surface area contributed by atoms with Crippen LogP contribution < -0.4 is 10.2 Å². The molecule has 24 heavy (non-hydrogen) atoms. The molecule has 1 aliphatic rings. The third kappa shape index (κ3) is 2.83. The van der Waals surface area contributed by atoms with E-state index in [0.717, 1.165) is 17.9 Å².